The third-order valence-electron chi connectivity index (χ3n) is 15.7. The van der Waals surface area contributed by atoms with E-state index in [0.29, 0.717) is 0 Å². The van der Waals surface area contributed by atoms with Crippen molar-refractivity contribution in [1.29, 1.82) is 0 Å². The van der Waals surface area contributed by atoms with Crippen molar-refractivity contribution >= 4 is 76.2 Å². The zero-order valence-corrected chi connectivity index (χ0v) is 37.3. The molecule has 0 radical (unpaired) electrons. The molecule has 16 rings (SSSR count). The van der Waals surface area contributed by atoms with Crippen molar-refractivity contribution in [1.82, 2.24) is 0 Å². The van der Waals surface area contributed by atoms with Gasteiger partial charge in [-0.05, 0) is 141 Å². The van der Waals surface area contributed by atoms with Crippen molar-refractivity contribution in [2.75, 3.05) is 0 Å². The monoisotopic (exact) mass is 874 g/mol. The van der Waals surface area contributed by atoms with Gasteiger partial charge in [-0.25, -0.2) is 0 Å². The van der Waals surface area contributed by atoms with Gasteiger partial charge in [-0.15, -0.1) is 0 Å². The molecule has 2 nitrogen and oxygen atoms in total. The lowest BCUT2D eigenvalue weighted by Gasteiger charge is -2.31. The average molecular weight is 875 g/mol. The molecule has 0 N–H and O–H groups in total. The van der Waals surface area contributed by atoms with E-state index < -0.39 is 5.41 Å². The predicted molar refractivity (Wildman–Crippen MR) is 286 cm³/mol. The maximum Gasteiger partial charge on any atom is 0.136 e. The minimum absolute atomic E-state index is 0.526. The Morgan fingerprint density at radius 3 is 1.36 bits per heavy atom. The fraction of sp³-hybridized carbons (Fsp3) is 0.0149. The second-order valence-electron chi connectivity index (χ2n) is 18.9. The summed E-state index contributed by atoms with van der Waals surface area (Å²) in [5.74, 6) is 0. The Labute approximate surface area is 396 Å². The molecule has 0 saturated carbocycles. The molecule has 2 aliphatic carbocycles. The fourth-order valence-corrected chi connectivity index (χ4v) is 13.1. The first-order valence-electron chi connectivity index (χ1n) is 23.9. The smallest absolute Gasteiger partial charge is 0.136 e. The highest BCUT2D eigenvalue weighted by Gasteiger charge is 2.53. The van der Waals surface area contributed by atoms with Crippen molar-refractivity contribution in [3.8, 4) is 55.6 Å². The Hall–Kier alpha value is -8.98. The Morgan fingerprint density at radius 1 is 0.246 bits per heavy atom. The van der Waals surface area contributed by atoms with Crippen LogP contribution in [-0.2, 0) is 5.41 Å². The molecule has 0 saturated heterocycles. The van der Waals surface area contributed by atoms with Crippen molar-refractivity contribution in [2.24, 2.45) is 0 Å². The summed E-state index contributed by atoms with van der Waals surface area (Å²) in [5, 5.41) is 11.8. The van der Waals surface area contributed by atoms with Crippen molar-refractivity contribution in [3.05, 3.63) is 253 Å². The number of hydrogen-bond donors (Lipinski definition) is 0. The van der Waals surface area contributed by atoms with Crippen LogP contribution < -0.4 is 0 Å². The van der Waals surface area contributed by atoms with Crippen LogP contribution in [0.25, 0.3) is 132 Å². The quantitative estimate of drug-likeness (QED) is 0.165. The van der Waals surface area contributed by atoms with E-state index >= 15 is 0 Å². The van der Waals surface area contributed by atoms with Gasteiger partial charge in [0.2, 0.25) is 0 Å². The van der Waals surface area contributed by atoms with Crippen LogP contribution in [0.15, 0.2) is 239 Å². The minimum atomic E-state index is -0.526. The second kappa shape index (κ2) is 13.6. The van der Waals surface area contributed by atoms with Crippen LogP contribution in [0.3, 0.4) is 0 Å². The molecule has 2 heteroatoms. The van der Waals surface area contributed by atoms with Crippen LogP contribution >= 0.6 is 0 Å². The fourth-order valence-electron chi connectivity index (χ4n) is 13.1. The molecule has 2 heterocycles. The average Bonchev–Trinajstić information content (AvgIpc) is 4.15. The van der Waals surface area contributed by atoms with Gasteiger partial charge >= 0.3 is 0 Å². The number of benzene rings is 12. The van der Waals surface area contributed by atoms with Gasteiger partial charge in [0.15, 0.2) is 0 Å². The molecule has 1 unspecified atom stereocenters. The summed E-state index contributed by atoms with van der Waals surface area (Å²) >= 11 is 0. The van der Waals surface area contributed by atoms with Crippen molar-refractivity contribution in [3.63, 3.8) is 0 Å². The van der Waals surface area contributed by atoms with E-state index in [1.807, 2.05) is 0 Å². The maximum atomic E-state index is 6.53. The lowest BCUT2D eigenvalue weighted by molar-refractivity contribution is 0.668. The number of furan rings is 2. The summed E-state index contributed by atoms with van der Waals surface area (Å²) in [6, 6.07) is 85.3. The highest BCUT2D eigenvalue weighted by Crippen LogP contribution is 2.65. The van der Waals surface area contributed by atoms with E-state index in [0.717, 1.165) is 55.0 Å². The zero-order chi connectivity index (χ0) is 45.0. The molecular weight excluding hydrogens is 837 g/mol. The van der Waals surface area contributed by atoms with Crippen LogP contribution in [0.2, 0.25) is 0 Å². The van der Waals surface area contributed by atoms with E-state index in [9.17, 15) is 0 Å². The van der Waals surface area contributed by atoms with Crippen LogP contribution in [0.4, 0.5) is 0 Å². The number of fused-ring (bicyclic) bond motifs is 20. The normalized spacial score (nSPS) is 14.7. The van der Waals surface area contributed by atoms with E-state index in [1.165, 1.54) is 99.1 Å². The Morgan fingerprint density at radius 2 is 0.696 bits per heavy atom. The largest absolute Gasteiger partial charge is 0.456 e. The van der Waals surface area contributed by atoms with E-state index in [4.69, 9.17) is 8.83 Å². The van der Waals surface area contributed by atoms with Gasteiger partial charge in [-0.2, -0.15) is 0 Å². The molecule has 1 atom stereocenters. The Balaban J connectivity index is 1.07. The summed E-state index contributed by atoms with van der Waals surface area (Å²) in [7, 11) is 0. The highest BCUT2D eigenvalue weighted by molar-refractivity contribution is 6.25. The molecule has 12 aromatic carbocycles. The lowest BCUT2D eigenvalue weighted by atomic mass is 9.69. The molecule has 1 spiro atoms. The van der Waals surface area contributed by atoms with E-state index in [-0.39, 0.29) is 0 Å². The topological polar surface area (TPSA) is 26.3 Å². The standard InChI is InChI=1S/C67H38O2/c1-2-17-40-39(16-1)36-37-48-43-18-3-7-29-55(43)67(66(40)48)56-30-8-4-19-49(56)63-52(28-13-31-57(63)67)62-46-24-11-22-41(44-26-14-34-60-64(44)50-20-5-9-32-58(50)68-60)53(46)38-54-42(23-12-25-47(54)62)45-27-15-35-61-65(45)51-21-6-10-33-59(51)69-61/h1-38H. The number of rotatable bonds is 3. The maximum absolute atomic E-state index is 6.53. The molecule has 69 heavy (non-hydrogen) atoms. The van der Waals surface area contributed by atoms with Crippen molar-refractivity contribution < 1.29 is 8.83 Å². The molecule has 14 aromatic rings. The third kappa shape index (κ3) is 4.75. The summed E-state index contributed by atoms with van der Waals surface area (Å²) in [5.41, 5.74) is 20.7. The zero-order valence-electron chi connectivity index (χ0n) is 37.3. The molecule has 2 aliphatic rings. The molecule has 0 aliphatic heterocycles. The number of hydrogen-bond acceptors (Lipinski definition) is 2. The summed E-state index contributed by atoms with van der Waals surface area (Å²) in [6.07, 6.45) is 0. The third-order valence-corrected chi connectivity index (χ3v) is 15.7. The first-order chi connectivity index (χ1) is 34.3. The molecule has 0 fully saturated rings. The molecule has 318 valence electrons. The van der Waals surface area contributed by atoms with Crippen LogP contribution in [0.1, 0.15) is 22.3 Å². The summed E-state index contributed by atoms with van der Waals surface area (Å²) < 4.78 is 13.1. The first kappa shape index (κ1) is 37.1. The highest BCUT2D eigenvalue weighted by atomic mass is 16.3. The minimum Gasteiger partial charge on any atom is -0.456 e. The Bertz CT molecular complexity index is 4390. The SMILES string of the molecule is c1ccc2c(c1)-c1ccc3ccccc3c1C21c2ccccc2-c2c(-c3c4cccc(-c5cccc6oc7ccccc7c56)c4cc4c(-c5cccc6oc7ccccc7c56)cccc34)cccc21. The molecule has 2 aromatic heterocycles. The van der Waals surface area contributed by atoms with Crippen LogP contribution in [0, 0.1) is 0 Å². The second-order valence-corrected chi connectivity index (χ2v) is 18.9. The van der Waals surface area contributed by atoms with E-state index in [1.54, 1.807) is 0 Å². The Kier molecular flexibility index (Phi) is 7.30. The van der Waals surface area contributed by atoms with Gasteiger partial charge < -0.3 is 8.83 Å². The molecule has 0 bridgehead atoms. The molecular formula is C67H38O2. The van der Waals surface area contributed by atoms with Gasteiger partial charge in [-0.1, -0.05) is 200 Å². The van der Waals surface area contributed by atoms with Gasteiger partial charge in [0, 0.05) is 21.5 Å². The van der Waals surface area contributed by atoms with E-state index in [2.05, 4.69) is 231 Å². The first-order valence-corrected chi connectivity index (χ1v) is 23.9. The van der Waals surface area contributed by atoms with Gasteiger partial charge in [0.25, 0.3) is 0 Å². The van der Waals surface area contributed by atoms with Gasteiger partial charge in [-0.3, -0.25) is 0 Å². The summed E-state index contributed by atoms with van der Waals surface area (Å²) in [6.45, 7) is 0. The molecule has 0 amide bonds. The van der Waals surface area contributed by atoms with Gasteiger partial charge in [0.1, 0.15) is 22.3 Å². The van der Waals surface area contributed by atoms with Gasteiger partial charge in [0.05, 0.1) is 5.41 Å². The number of para-hydroxylation sites is 2. The lowest BCUT2D eigenvalue weighted by Crippen LogP contribution is -2.26. The summed E-state index contributed by atoms with van der Waals surface area (Å²) in [4.78, 5) is 0. The van der Waals surface area contributed by atoms with Crippen LogP contribution in [0.5, 0.6) is 0 Å². The van der Waals surface area contributed by atoms with Crippen molar-refractivity contribution in [2.45, 2.75) is 5.41 Å². The van der Waals surface area contributed by atoms with Crippen LogP contribution in [-0.4, -0.2) is 0 Å². The predicted octanol–water partition coefficient (Wildman–Crippen LogP) is 18.3.